The number of pyridine rings is 1. The first-order valence-corrected chi connectivity index (χ1v) is 10.2. The first kappa shape index (κ1) is 23.5. The van der Waals surface area contributed by atoms with Gasteiger partial charge in [-0.2, -0.15) is 5.11 Å². The van der Waals surface area contributed by atoms with Gasteiger partial charge >= 0.3 is 18.8 Å². The van der Waals surface area contributed by atoms with E-state index in [4.69, 9.17) is 0 Å². The topological polar surface area (TPSA) is 218 Å². The van der Waals surface area contributed by atoms with Gasteiger partial charge in [-0.25, -0.2) is 16.8 Å². The molecular weight excluding hydrogens is 482 g/mol. The summed E-state index contributed by atoms with van der Waals surface area (Å²) in [6, 6.07) is 6.37. The minimum Gasteiger partial charge on any atom is -0.870 e. The summed E-state index contributed by atoms with van der Waals surface area (Å²) in [6.45, 7) is 0. The predicted octanol–water partition coefficient (Wildman–Crippen LogP) is 0.00890. The number of fused-ring (bicyclic) bond motifs is 1. The molecule has 3 aromatic rings. The van der Waals surface area contributed by atoms with Crippen molar-refractivity contribution in [3.05, 3.63) is 46.6 Å². The second-order valence-corrected chi connectivity index (χ2v) is 8.28. The van der Waals surface area contributed by atoms with E-state index in [0.717, 1.165) is 0 Å². The Morgan fingerprint density at radius 2 is 1.57 bits per heavy atom. The summed E-state index contributed by atoms with van der Waals surface area (Å²) in [6.07, 6.45) is 0. The molecule has 15 heteroatoms. The smallest absolute Gasteiger partial charge is 0.870 e. The van der Waals surface area contributed by atoms with E-state index in [0.29, 0.717) is 6.07 Å². The number of nitrogens with zero attached hydrogens (tertiary/aromatic N) is 2. The van der Waals surface area contributed by atoms with Gasteiger partial charge in [-0.15, -0.1) is 5.11 Å². The van der Waals surface area contributed by atoms with Crippen molar-refractivity contribution in [2.24, 2.45) is 10.2 Å². The van der Waals surface area contributed by atoms with Crippen molar-refractivity contribution in [1.82, 2.24) is 4.98 Å². The van der Waals surface area contributed by atoms with Crippen LogP contribution in [-0.4, -0.2) is 30.9 Å². The molecule has 1 radical (unpaired) electrons. The van der Waals surface area contributed by atoms with Gasteiger partial charge in [0.1, 0.15) is 25.9 Å². The third-order valence-corrected chi connectivity index (χ3v) is 5.33. The maximum atomic E-state index is 12.4. The fourth-order valence-electron chi connectivity index (χ4n) is 2.36. The van der Waals surface area contributed by atoms with Gasteiger partial charge in [-0.05, 0) is 30.1 Å². The number of aromatic amines is 1. The summed E-state index contributed by atoms with van der Waals surface area (Å²) in [5, 5.41) is 30.7. The molecule has 3 rings (SSSR count). The fraction of sp³-hybridized carbons (Fsp3) is 0. The Kier molecular flexibility index (Phi) is 6.38. The first-order chi connectivity index (χ1) is 13.4. The Morgan fingerprint density at radius 3 is 2.17 bits per heavy atom. The van der Waals surface area contributed by atoms with E-state index < -0.39 is 58.5 Å². The monoisotopic (exact) mass is 490 g/mol. The van der Waals surface area contributed by atoms with Crippen LogP contribution >= 0.6 is 0 Å². The number of nitrogens with one attached hydrogen (secondary N) is 1. The van der Waals surface area contributed by atoms with E-state index in [-0.39, 0.29) is 35.8 Å². The Hall–Kier alpha value is -2.80. The van der Waals surface area contributed by atoms with E-state index >= 15 is 0 Å². The van der Waals surface area contributed by atoms with Gasteiger partial charge in [-0.1, -0.05) is 17.9 Å². The quantitative estimate of drug-likeness (QED) is 0.384. The molecule has 0 aliphatic carbocycles. The molecule has 0 saturated heterocycles. The summed E-state index contributed by atoms with van der Waals surface area (Å²) in [5.74, 6) is -2.55. The summed E-state index contributed by atoms with van der Waals surface area (Å²) >= 11 is 0. The van der Waals surface area contributed by atoms with Crippen LogP contribution < -0.4 is 15.6 Å². The van der Waals surface area contributed by atoms with Crippen molar-refractivity contribution in [3.8, 4) is 11.6 Å². The maximum Gasteiger partial charge on any atom is 3.00 e. The minimum atomic E-state index is -5.46. The van der Waals surface area contributed by atoms with Gasteiger partial charge in [-0.3, -0.25) is 4.79 Å². The molecule has 12 nitrogen and oxygen atoms in total. The second-order valence-electron chi connectivity index (χ2n) is 5.56. The number of aromatic nitrogens is 1. The third-order valence-electron chi connectivity index (χ3n) is 3.67. The van der Waals surface area contributed by atoms with Crippen molar-refractivity contribution in [3.63, 3.8) is 0 Å². The first-order valence-electron chi connectivity index (χ1n) is 7.40. The zero-order valence-electron chi connectivity index (χ0n) is 15.3. The zero-order valence-corrected chi connectivity index (χ0v) is 17.2. The Labute approximate surface area is 180 Å². The van der Waals surface area contributed by atoms with Crippen LogP contribution in [0.3, 0.4) is 0 Å². The number of benzene rings is 2. The van der Waals surface area contributed by atoms with Crippen LogP contribution in [0.4, 0.5) is 11.4 Å². The van der Waals surface area contributed by atoms with E-state index in [2.05, 4.69) is 15.2 Å². The standard InChI is InChI=1S/C15H11N3O9S2.Cr/c19-13-8-3-1-2-4-9(8)16-15(21)12(13)18-17-10-5-7(28(22,23)24)6-11(14(10)20)29(25,26)27;/h1-6,20H,(H2,16,19,21)(H,22,23,24)(H,25,26,27);/q;+3/p-3. The van der Waals surface area contributed by atoms with Gasteiger partial charge in [0, 0.05) is 15.8 Å². The van der Waals surface area contributed by atoms with E-state index in [1.54, 1.807) is 6.07 Å². The van der Waals surface area contributed by atoms with E-state index in [9.17, 15) is 40.9 Å². The number of hydrogen-bond acceptors (Lipinski definition) is 11. The van der Waals surface area contributed by atoms with E-state index in [1.165, 1.54) is 18.2 Å². The van der Waals surface area contributed by atoms with Gasteiger partial charge in [0.25, 0.3) is 0 Å². The van der Waals surface area contributed by atoms with Gasteiger partial charge in [0.2, 0.25) is 5.43 Å². The predicted molar refractivity (Wildman–Crippen MR) is 91.1 cm³/mol. The third kappa shape index (κ3) is 4.51. The molecule has 0 amide bonds. The second kappa shape index (κ2) is 8.15. The van der Waals surface area contributed by atoms with Gasteiger partial charge < -0.3 is 24.3 Å². The Bertz CT molecular complexity index is 1450. The molecule has 0 saturated carbocycles. The normalized spacial score (nSPS) is 12.2. The molecule has 0 spiro atoms. The van der Waals surface area contributed by atoms with Gasteiger partial charge in [0.15, 0.2) is 0 Å². The van der Waals surface area contributed by atoms with Crippen LogP contribution in [-0.2, 0) is 37.6 Å². The van der Waals surface area contributed by atoms with Crippen LogP contribution in [0.15, 0.2) is 61.2 Å². The van der Waals surface area contributed by atoms with Crippen LogP contribution in [0.1, 0.15) is 1.43 Å². The van der Waals surface area contributed by atoms with Crippen molar-refractivity contribution in [1.29, 1.82) is 0 Å². The summed E-state index contributed by atoms with van der Waals surface area (Å²) < 4.78 is 67.1. The van der Waals surface area contributed by atoms with Crippen LogP contribution in [0.25, 0.3) is 10.9 Å². The largest absolute Gasteiger partial charge is 3.00 e. The average molecular weight is 490 g/mol. The molecule has 1 heterocycles. The van der Waals surface area contributed by atoms with Crippen LogP contribution in [0.2, 0.25) is 0 Å². The maximum absolute atomic E-state index is 12.4. The molecule has 0 fully saturated rings. The van der Waals surface area contributed by atoms with Gasteiger partial charge in [0.05, 0.1) is 10.6 Å². The summed E-state index contributed by atoms with van der Waals surface area (Å²) in [7, 11) is -10.7. The number of azo groups is 1. The summed E-state index contributed by atoms with van der Waals surface area (Å²) in [4.78, 5) is 11.9. The molecule has 0 unspecified atom stereocenters. The molecule has 155 valence electrons. The van der Waals surface area contributed by atoms with Crippen LogP contribution in [0, 0.1) is 0 Å². The minimum absolute atomic E-state index is 0. The fourth-order valence-corrected chi connectivity index (χ4v) is 3.56. The molecule has 0 bridgehead atoms. The number of para-hydroxylation sites is 1. The van der Waals surface area contributed by atoms with Crippen molar-refractivity contribution in [2.75, 3.05) is 0 Å². The molecule has 2 aromatic carbocycles. The van der Waals surface area contributed by atoms with Crippen LogP contribution in [0.5, 0.6) is 11.6 Å². The molecule has 0 atom stereocenters. The number of hydrogen-bond donors (Lipinski definition) is 1. The molecule has 0 aliphatic heterocycles. The van der Waals surface area contributed by atoms with Crippen molar-refractivity contribution in [2.45, 2.75) is 9.79 Å². The Balaban J connectivity index is 0.00000240. The molecule has 30 heavy (non-hydrogen) atoms. The SMILES string of the molecule is O=c1c(N=Nc2cc(S(=O)(=O)[O-])cc(S(=O)(=O)[O-])c2[O-])c([O-])[nH]c2ccccc12.[Cr+3].[H+]. The Morgan fingerprint density at radius 1 is 0.933 bits per heavy atom. The molecule has 0 aliphatic rings. The van der Waals surface area contributed by atoms with E-state index in [1.807, 2.05) is 0 Å². The number of H-pyrrole nitrogens is 1. The zero-order chi connectivity index (χ0) is 21.6. The molecule has 1 aromatic heterocycles. The molecule has 1 N–H and O–H groups in total. The summed E-state index contributed by atoms with van der Waals surface area (Å²) in [5.41, 5.74) is -2.50. The van der Waals surface area contributed by atoms with Crippen molar-refractivity contribution >= 4 is 42.5 Å². The average Bonchev–Trinajstić information content (AvgIpc) is 2.60. The van der Waals surface area contributed by atoms with Crippen molar-refractivity contribution < 1.29 is 54.9 Å². The molecular formula is C15H8CrN3O9S2. The number of rotatable bonds is 4.